The van der Waals surface area contributed by atoms with E-state index in [2.05, 4.69) is 46.7 Å². The number of anilines is 1. The molecule has 1 aliphatic rings. The molecule has 3 aromatic rings. The largest absolute Gasteiger partial charge is 0.449 e. The van der Waals surface area contributed by atoms with E-state index in [1.165, 1.54) is 29.2 Å². The van der Waals surface area contributed by atoms with E-state index in [9.17, 15) is 9.59 Å². The second kappa shape index (κ2) is 9.19. The average molecular weight is 410 g/mol. The number of alkyl carbamates (subject to hydrolysis) is 1. The number of benzene rings is 3. The fourth-order valence-electron chi connectivity index (χ4n) is 3.80. The molecule has 2 amide bonds. The molecule has 0 saturated heterocycles. The zero-order chi connectivity index (χ0) is 21.6. The van der Waals surface area contributed by atoms with E-state index < -0.39 is 6.09 Å². The Morgan fingerprint density at radius 3 is 2.19 bits per heavy atom. The summed E-state index contributed by atoms with van der Waals surface area (Å²) in [6, 6.07) is 23.7. The molecule has 1 aliphatic carbocycles. The zero-order valence-corrected chi connectivity index (χ0v) is 17.1. The molecule has 0 saturated carbocycles. The van der Waals surface area contributed by atoms with Crippen molar-refractivity contribution in [3.63, 3.8) is 0 Å². The van der Waals surface area contributed by atoms with Gasteiger partial charge < -0.3 is 15.4 Å². The Morgan fingerprint density at radius 2 is 1.52 bits per heavy atom. The summed E-state index contributed by atoms with van der Waals surface area (Å²) in [5.74, 6) is 5.72. The lowest BCUT2D eigenvalue weighted by Crippen LogP contribution is -2.26. The van der Waals surface area contributed by atoms with E-state index >= 15 is 0 Å². The Labute approximate surface area is 181 Å². The lowest BCUT2D eigenvalue weighted by Gasteiger charge is -2.14. The summed E-state index contributed by atoms with van der Waals surface area (Å²) in [5, 5.41) is 5.40. The number of nitrogens with one attached hydrogen (secondary N) is 2. The number of ether oxygens (including phenoxy) is 1. The highest BCUT2D eigenvalue weighted by atomic mass is 16.5. The summed E-state index contributed by atoms with van der Waals surface area (Å²) in [4.78, 5) is 23.5. The van der Waals surface area contributed by atoms with Crippen LogP contribution in [0, 0.1) is 11.8 Å². The predicted octanol–water partition coefficient (Wildman–Crippen LogP) is 4.54. The van der Waals surface area contributed by atoms with Crippen LogP contribution in [0.5, 0.6) is 0 Å². The van der Waals surface area contributed by atoms with Crippen LogP contribution in [-0.2, 0) is 9.53 Å². The maximum absolute atomic E-state index is 12.2. The fourth-order valence-corrected chi connectivity index (χ4v) is 3.80. The van der Waals surface area contributed by atoms with E-state index in [0.717, 1.165) is 0 Å². The smallest absolute Gasteiger partial charge is 0.407 e. The number of hydrogen-bond donors (Lipinski definition) is 2. The molecule has 0 radical (unpaired) electrons. The minimum Gasteiger partial charge on any atom is -0.449 e. The number of amides is 2. The van der Waals surface area contributed by atoms with Gasteiger partial charge in [-0.3, -0.25) is 4.79 Å². The Balaban J connectivity index is 1.35. The molecule has 0 spiro atoms. The van der Waals surface area contributed by atoms with Gasteiger partial charge in [0.2, 0.25) is 5.91 Å². The molecule has 5 heteroatoms. The van der Waals surface area contributed by atoms with Gasteiger partial charge in [0.05, 0.1) is 12.2 Å². The van der Waals surface area contributed by atoms with Crippen molar-refractivity contribution in [1.82, 2.24) is 5.32 Å². The van der Waals surface area contributed by atoms with Crippen molar-refractivity contribution < 1.29 is 14.3 Å². The van der Waals surface area contributed by atoms with Gasteiger partial charge in [-0.15, -0.1) is 0 Å². The quantitative estimate of drug-likeness (QED) is 0.621. The summed E-state index contributed by atoms with van der Waals surface area (Å²) < 4.78 is 5.49. The number of carbonyl (C=O) groups is 2. The number of hydrogen-bond acceptors (Lipinski definition) is 3. The van der Waals surface area contributed by atoms with Crippen LogP contribution >= 0.6 is 0 Å². The molecule has 3 aromatic carbocycles. The van der Waals surface area contributed by atoms with Gasteiger partial charge in [0.1, 0.15) is 6.61 Å². The molecule has 0 aliphatic heterocycles. The van der Waals surface area contributed by atoms with E-state index in [1.54, 1.807) is 6.07 Å². The first-order valence-electron chi connectivity index (χ1n) is 10.1. The molecule has 0 fully saturated rings. The molecule has 4 rings (SSSR count). The number of para-hydroxylation sites is 1. The van der Waals surface area contributed by atoms with Crippen molar-refractivity contribution in [3.05, 3.63) is 89.5 Å². The van der Waals surface area contributed by atoms with E-state index in [1.807, 2.05) is 42.5 Å². The van der Waals surface area contributed by atoms with Crippen LogP contribution in [0.3, 0.4) is 0 Å². The fraction of sp³-hybridized carbons (Fsp3) is 0.154. The van der Waals surface area contributed by atoms with Gasteiger partial charge in [-0.2, -0.15) is 0 Å². The topological polar surface area (TPSA) is 67.4 Å². The van der Waals surface area contributed by atoms with E-state index in [-0.39, 0.29) is 25.0 Å². The normalized spacial score (nSPS) is 11.5. The first-order valence-corrected chi connectivity index (χ1v) is 10.1. The van der Waals surface area contributed by atoms with Gasteiger partial charge in [-0.25, -0.2) is 4.79 Å². The molecule has 0 atom stereocenters. The Kier molecular flexibility index (Phi) is 6.00. The summed E-state index contributed by atoms with van der Waals surface area (Å²) in [7, 11) is 0. The molecule has 2 N–H and O–H groups in total. The Bertz CT molecular complexity index is 1140. The highest BCUT2D eigenvalue weighted by Gasteiger charge is 2.28. The van der Waals surface area contributed by atoms with Gasteiger partial charge in [0.25, 0.3) is 0 Å². The summed E-state index contributed by atoms with van der Waals surface area (Å²) in [6.07, 6.45) is -0.508. The van der Waals surface area contributed by atoms with Crippen molar-refractivity contribution in [1.29, 1.82) is 0 Å². The van der Waals surface area contributed by atoms with Gasteiger partial charge in [-0.05, 0) is 34.4 Å². The monoisotopic (exact) mass is 410 g/mol. The second-order valence-corrected chi connectivity index (χ2v) is 7.21. The van der Waals surface area contributed by atoms with Crippen molar-refractivity contribution in [2.24, 2.45) is 0 Å². The van der Waals surface area contributed by atoms with Crippen LogP contribution in [0.2, 0.25) is 0 Å². The van der Waals surface area contributed by atoms with Crippen LogP contribution < -0.4 is 10.6 Å². The molecule has 0 heterocycles. The SMILES string of the molecule is CC(=O)Nc1ccccc1C#CCNC(=O)OCC1c2ccccc2-c2ccccc21. The van der Waals surface area contributed by atoms with Crippen LogP contribution in [0.15, 0.2) is 72.8 Å². The van der Waals surface area contributed by atoms with E-state index in [0.29, 0.717) is 11.3 Å². The number of rotatable bonds is 4. The third kappa shape index (κ3) is 4.59. The standard InChI is InChI=1S/C26H22N2O3/c1-18(29)28-25-15-7-2-9-19(25)10-8-16-27-26(30)31-17-24-22-13-5-3-11-20(22)21-12-4-6-14-23(21)24/h2-7,9,11-15,24H,16-17H2,1H3,(H,27,30)(H,28,29). The first-order chi connectivity index (χ1) is 15.1. The molecule has 31 heavy (non-hydrogen) atoms. The first kappa shape index (κ1) is 20.2. The predicted molar refractivity (Wildman–Crippen MR) is 121 cm³/mol. The molecule has 0 bridgehead atoms. The lowest BCUT2D eigenvalue weighted by molar-refractivity contribution is -0.114. The van der Waals surface area contributed by atoms with Gasteiger partial charge in [-0.1, -0.05) is 72.5 Å². The van der Waals surface area contributed by atoms with Crippen LogP contribution in [0.25, 0.3) is 11.1 Å². The molecular weight excluding hydrogens is 388 g/mol. The zero-order valence-electron chi connectivity index (χ0n) is 17.1. The minimum absolute atomic E-state index is 0.0220. The molecule has 0 unspecified atom stereocenters. The van der Waals surface area contributed by atoms with Crippen LogP contribution in [-0.4, -0.2) is 25.2 Å². The second-order valence-electron chi connectivity index (χ2n) is 7.21. The third-order valence-electron chi connectivity index (χ3n) is 5.13. The number of carbonyl (C=O) groups excluding carboxylic acids is 2. The van der Waals surface area contributed by atoms with Gasteiger partial charge >= 0.3 is 6.09 Å². The lowest BCUT2D eigenvalue weighted by atomic mass is 9.98. The highest BCUT2D eigenvalue weighted by molar-refractivity contribution is 5.90. The maximum atomic E-state index is 12.2. The third-order valence-corrected chi connectivity index (χ3v) is 5.13. The number of fused-ring (bicyclic) bond motifs is 3. The van der Waals surface area contributed by atoms with E-state index in [4.69, 9.17) is 4.74 Å². The Hall–Kier alpha value is -4.04. The summed E-state index contributed by atoms with van der Waals surface area (Å²) in [5.41, 5.74) is 6.05. The van der Waals surface area contributed by atoms with Crippen molar-refractivity contribution in [2.75, 3.05) is 18.5 Å². The average Bonchev–Trinajstić information content (AvgIpc) is 3.10. The molecule has 0 aromatic heterocycles. The van der Waals surface area contributed by atoms with Crippen molar-refractivity contribution >= 4 is 17.7 Å². The van der Waals surface area contributed by atoms with Gasteiger partial charge in [0, 0.05) is 18.4 Å². The molecule has 5 nitrogen and oxygen atoms in total. The van der Waals surface area contributed by atoms with Crippen molar-refractivity contribution in [2.45, 2.75) is 12.8 Å². The van der Waals surface area contributed by atoms with Crippen LogP contribution in [0.4, 0.5) is 10.5 Å². The molecular formula is C26H22N2O3. The highest BCUT2D eigenvalue weighted by Crippen LogP contribution is 2.44. The minimum atomic E-state index is -0.508. The van der Waals surface area contributed by atoms with Crippen molar-refractivity contribution in [3.8, 4) is 23.0 Å². The Morgan fingerprint density at radius 1 is 0.903 bits per heavy atom. The van der Waals surface area contributed by atoms with Crippen LogP contribution in [0.1, 0.15) is 29.5 Å². The molecule has 154 valence electrons. The van der Waals surface area contributed by atoms with Gasteiger partial charge in [0.15, 0.2) is 0 Å². The summed E-state index contributed by atoms with van der Waals surface area (Å²) >= 11 is 0. The summed E-state index contributed by atoms with van der Waals surface area (Å²) in [6.45, 7) is 1.85. The maximum Gasteiger partial charge on any atom is 0.407 e.